The van der Waals surface area contributed by atoms with Gasteiger partial charge in [0.2, 0.25) is 0 Å². The molecular weight excluding hydrogens is 569 g/mol. The number of aryl methyl sites for hydroxylation is 2. The van der Waals surface area contributed by atoms with Crippen LogP contribution in [0.2, 0.25) is 0 Å². The first-order chi connectivity index (χ1) is 19.8. The number of hydrogen-bond acceptors (Lipinski definition) is 8. The van der Waals surface area contributed by atoms with Gasteiger partial charge in [0.25, 0.3) is 15.9 Å². The number of sulfonamides is 1. The van der Waals surface area contributed by atoms with E-state index in [0.29, 0.717) is 17.1 Å². The van der Waals surface area contributed by atoms with Crippen molar-refractivity contribution in [2.45, 2.75) is 44.7 Å². The number of hydrogen-bond donors (Lipinski definition) is 3. The minimum Gasteiger partial charge on any atom is -0.487 e. The molecule has 1 aromatic heterocycles. The summed E-state index contributed by atoms with van der Waals surface area (Å²) in [4.78, 5) is 29.4. The van der Waals surface area contributed by atoms with E-state index in [2.05, 4.69) is 15.2 Å². The molecule has 0 fully saturated rings. The van der Waals surface area contributed by atoms with Crippen LogP contribution in [-0.2, 0) is 10.0 Å². The molecule has 0 bridgehead atoms. The third kappa shape index (κ3) is 6.65. The van der Waals surface area contributed by atoms with E-state index >= 15 is 0 Å². The van der Waals surface area contributed by atoms with Crippen molar-refractivity contribution >= 4 is 33.3 Å². The molecule has 3 N–H and O–H groups in total. The molecule has 0 spiro atoms. The summed E-state index contributed by atoms with van der Waals surface area (Å²) in [6, 6.07) is 7.66. The summed E-state index contributed by atoms with van der Waals surface area (Å²) >= 11 is 0. The van der Waals surface area contributed by atoms with Crippen LogP contribution in [-0.4, -0.2) is 79.3 Å². The monoisotopic (exact) mass is 603 g/mol. The van der Waals surface area contributed by atoms with E-state index in [1.807, 2.05) is 6.92 Å². The van der Waals surface area contributed by atoms with Crippen LogP contribution < -0.4 is 14.8 Å². The first-order valence-electron chi connectivity index (χ1n) is 13.3. The highest BCUT2D eigenvalue weighted by Gasteiger charge is 2.34. The number of aliphatic hydroxyl groups excluding tert-OH is 1. The predicted octanol–water partition coefficient (Wildman–Crippen LogP) is 3.62. The van der Waals surface area contributed by atoms with Gasteiger partial charge in [-0.1, -0.05) is 12.1 Å². The Morgan fingerprint density at radius 2 is 1.93 bits per heavy atom. The van der Waals surface area contributed by atoms with Crippen LogP contribution in [0.25, 0.3) is 0 Å². The smallest absolute Gasteiger partial charge is 0.321 e. The number of amides is 3. The van der Waals surface area contributed by atoms with Crippen LogP contribution in [0.5, 0.6) is 5.75 Å². The quantitative estimate of drug-likeness (QED) is 0.353. The Balaban J connectivity index is 1.62. The number of carbonyl (C=O) groups is 2. The maximum Gasteiger partial charge on any atom is 0.321 e. The van der Waals surface area contributed by atoms with Crippen LogP contribution in [0.15, 0.2) is 51.9 Å². The first-order valence-corrected chi connectivity index (χ1v) is 14.7. The van der Waals surface area contributed by atoms with Crippen molar-refractivity contribution in [3.05, 3.63) is 65.3 Å². The average molecular weight is 604 g/mol. The topological polar surface area (TPSA) is 154 Å². The average Bonchev–Trinajstić information content (AvgIpc) is 3.26. The second kappa shape index (κ2) is 12.4. The summed E-state index contributed by atoms with van der Waals surface area (Å²) < 4.78 is 52.9. The first kappa shape index (κ1) is 30.8. The van der Waals surface area contributed by atoms with Gasteiger partial charge < -0.3 is 29.5 Å². The van der Waals surface area contributed by atoms with Gasteiger partial charge in [-0.3, -0.25) is 9.52 Å². The normalized spacial score (nSPS) is 17.9. The Morgan fingerprint density at radius 3 is 2.55 bits per heavy atom. The number of halogens is 1. The van der Waals surface area contributed by atoms with Gasteiger partial charge >= 0.3 is 6.03 Å². The number of likely N-dealkylation sites (N-methyl/N-ethyl adjacent to an activating group) is 1. The Labute approximate surface area is 243 Å². The number of urea groups is 1. The summed E-state index contributed by atoms with van der Waals surface area (Å²) in [5.41, 5.74) is 1.19. The van der Waals surface area contributed by atoms with Gasteiger partial charge in [0.05, 0.1) is 29.7 Å². The highest BCUT2D eigenvalue weighted by molar-refractivity contribution is 7.92. The molecule has 42 heavy (non-hydrogen) atoms. The number of ether oxygens (including phenoxy) is 1. The number of nitrogens with zero attached hydrogens (tertiary/aromatic N) is 3. The van der Waals surface area contributed by atoms with E-state index in [0.717, 1.165) is 24.3 Å². The van der Waals surface area contributed by atoms with Crippen molar-refractivity contribution in [3.63, 3.8) is 0 Å². The van der Waals surface area contributed by atoms with Crippen LogP contribution in [0.1, 0.15) is 35.7 Å². The fraction of sp³-hybridized carbons (Fsp3) is 0.393. The van der Waals surface area contributed by atoms with Crippen molar-refractivity contribution < 1.29 is 36.8 Å². The molecule has 0 aliphatic carbocycles. The highest BCUT2D eigenvalue weighted by Crippen LogP contribution is 2.31. The molecule has 14 heteroatoms. The summed E-state index contributed by atoms with van der Waals surface area (Å²) in [5, 5.41) is 16.5. The molecule has 1 aliphatic heterocycles. The van der Waals surface area contributed by atoms with Gasteiger partial charge in [0.1, 0.15) is 29.1 Å². The van der Waals surface area contributed by atoms with Gasteiger partial charge in [-0.25, -0.2) is 17.6 Å². The van der Waals surface area contributed by atoms with Gasteiger partial charge in [0.15, 0.2) is 5.76 Å². The zero-order chi connectivity index (χ0) is 30.8. The third-order valence-corrected chi connectivity index (χ3v) is 8.50. The molecule has 4 rings (SSSR count). The van der Waals surface area contributed by atoms with Gasteiger partial charge in [0, 0.05) is 25.2 Å². The summed E-state index contributed by atoms with van der Waals surface area (Å²) in [6.45, 7) is 7.03. The summed E-state index contributed by atoms with van der Waals surface area (Å²) in [7, 11) is -2.48. The summed E-state index contributed by atoms with van der Waals surface area (Å²) in [5.74, 6) is -0.634. The summed E-state index contributed by atoms with van der Waals surface area (Å²) in [6.07, 6.45) is -0.576. The number of aromatic nitrogens is 1. The predicted molar refractivity (Wildman–Crippen MR) is 152 cm³/mol. The van der Waals surface area contributed by atoms with Crippen molar-refractivity contribution in [2.24, 2.45) is 5.92 Å². The fourth-order valence-corrected chi connectivity index (χ4v) is 5.60. The van der Waals surface area contributed by atoms with Crippen LogP contribution >= 0.6 is 0 Å². The third-order valence-electron chi connectivity index (χ3n) is 7.11. The Bertz CT molecular complexity index is 1540. The van der Waals surface area contributed by atoms with Crippen molar-refractivity contribution in [3.8, 4) is 5.75 Å². The molecule has 0 saturated carbocycles. The van der Waals surface area contributed by atoms with E-state index in [-0.39, 0.29) is 47.5 Å². The van der Waals surface area contributed by atoms with Crippen LogP contribution in [0, 0.1) is 25.6 Å². The zero-order valence-corrected chi connectivity index (χ0v) is 24.7. The van der Waals surface area contributed by atoms with E-state index in [1.165, 1.54) is 28.0 Å². The van der Waals surface area contributed by atoms with E-state index < -0.39 is 39.9 Å². The standard InChI is InChI=1S/C28H34FN5O7S/c1-16-13-34(17(2)15-35)27(36)23-12-21(32-42(38,39)22-9-6-20(29)7-10-22)8-11-24(23)40-25(16)14-33(5)28(37)30-26-18(3)31-41-19(26)4/h6-12,16-17,25,32,35H,13-15H2,1-5H3,(H,30,37)/t16-,17+,25+/m1/s1. The van der Waals surface area contributed by atoms with Crippen molar-refractivity contribution in [2.75, 3.05) is 36.8 Å². The Hall–Kier alpha value is -4.17. The lowest BCUT2D eigenvalue weighted by molar-refractivity contribution is 0.0371. The maximum absolute atomic E-state index is 13.7. The molecule has 0 unspecified atom stereocenters. The fourth-order valence-electron chi connectivity index (χ4n) is 4.55. The lowest BCUT2D eigenvalue weighted by Gasteiger charge is -2.38. The van der Waals surface area contributed by atoms with Crippen LogP contribution in [0.3, 0.4) is 0 Å². The molecule has 12 nitrogen and oxygen atoms in total. The number of rotatable bonds is 8. The molecule has 0 radical (unpaired) electrons. The molecule has 2 heterocycles. The SMILES string of the molecule is Cc1noc(C)c1NC(=O)N(C)C[C@@H]1Oc2ccc(NS(=O)(=O)c3ccc(F)cc3)cc2C(=O)N([C@@H](C)CO)C[C@H]1C. The number of aliphatic hydroxyl groups is 1. The number of carbonyl (C=O) groups excluding carboxylic acids is 2. The minimum absolute atomic E-state index is 0.0781. The van der Waals surface area contributed by atoms with Crippen molar-refractivity contribution in [1.82, 2.24) is 15.0 Å². The molecule has 226 valence electrons. The molecule has 3 aromatic rings. The lowest BCUT2D eigenvalue weighted by Crippen LogP contribution is -2.50. The number of benzene rings is 2. The van der Waals surface area contributed by atoms with E-state index in [1.54, 1.807) is 27.8 Å². The number of nitrogens with one attached hydrogen (secondary N) is 2. The van der Waals surface area contributed by atoms with E-state index in [4.69, 9.17) is 9.26 Å². The molecule has 2 aromatic carbocycles. The molecule has 3 atom stereocenters. The molecule has 0 saturated heterocycles. The number of anilines is 2. The second-order valence-electron chi connectivity index (χ2n) is 10.4. The zero-order valence-electron chi connectivity index (χ0n) is 23.9. The number of fused-ring (bicyclic) bond motifs is 1. The molecular formula is C28H34FN5O7S. The van der Waals surface area contributed by atoms with Crippen LogP contribution in [0.4, 0.5) is 20.6 Å². The van der Waals surface area contributed by atoms with Gasteiger partial charge in [-0.05, 0) is 63.2 Å². The lowest BCUT2D eigenvalue weighted by atomic mass is 9.99. The highest BCUT2D eigenvalue weighted by atomic mass is 32.2. The second-order valence-corrected chi connectivity index (χ2v) is 12.1. The molecule has 1 aliphatic rings. The largest absolute Gasteiger partial charge is 0.487 e. The maximum atomic E-state index is 13.7. The minimum atomic E-state index is -4.08. The molecule has 3 amide bonds. The Morgan fingerprint density at radius 1 is 1.24 bits per heavy atom. The van der Waals surface area contributed by atoms with E-state index in [9.17, 15) is 27.5 Å². The van der Waals surface area contributed by atoms with Gasteiger partial charge in [-0.2, -0.15) is 0 Å². The van der Waals surface area contributed by atoms with Crippen molar-refractivity contribution in [1.29, 1.82) is 0 Å². The Kier molecular flexibility index (Phi) is 9.06. The van der Waals surface area contributed by atoms with Gasteiger partial charge in [-0.15, -0.1) is 0 Å².